The Kier molecular flexibility index (Phi) is 6.30. The van der Waals surface area contributed by atoms with E-state index in [0.29, 0.717) is 11.7 Å². The van der Waals surface area contributed by atoms with Crippen LogP contribution in [0.3, 0.4) is 0 Å². The lowest BCUT2D eigenvalue weighted by molar-refractivity contribution is -0.117. The van der Waals surface area contributed by atoms with Crippen LogP contribution < -0.4 is 15.0 Å². The predicted octanol–water partition coefficient (Wildman–Crippen LogP) is 3.89. The molecule has 2 aromatic carbocycles. The zero-order valence-electron chi connectivity index (χ0n) is 17.3. The number of methoxy groups -OCH3 is 1. The molecule has 30 heavy (non-hydrogen) atoms. The molecule has 0 radical (unpaired) electrons. The number of carbonyl (C=O) groups is 1. The highest BCUT2D eigenvalue weighted by molar-refractivity contribution is 7.14. The van der Waals surface area contributed by atoms with E-state index in [9.17, 15) is 4.79 Å². The third-order valence-corrected chi connectivity index (χ3v) is 6.01. The summed E-state index contributed by atoms with van der Waals surface area (Å²) in [4.78, 5) is 21.6. The maximum absolute atomic E-state index is 12.5. The smallest absolute Gasteiger partial charge is 0.240 e. The number of aryl methyl sites for hydroxylation is 1. The van der Waals surface area contributed by atoms with Crippen molar-refractivity contribution in [2.24, 2.45) is 0 Å². The van der Waals surface area contributed by atoms with Gasteiger partial charge in [0.15, 0.2) is 5.13 Å². The van der Waals surface area contributed by atoms with E-state index in [1.807, 2.05) is 29.6 Å². The molecule has 0 spiro atoms. The molecule has 0 aliphatic carbocycles. The predicted molar refractivity (Wildman–Crippen MR) is 123 cm³/mol. The van der Waals surface area contributed by atoms with Gasteiger partial charge < -0.3 is 15.0 Å². The fourth-order valence-electron chi connectivity index (χ4n) is 3.53. The number of benzene rings is 2. The van der Waals surface area contributed by atoms with Crippen molar-refractivity contribution >= 4 is 28.1 Å². The zero-order chi connectivity index (χ0) is 20.9. The highest BCUT2D eigenvalue weighted by Crippen LogP contribution is 2.27. The SMILES string of the molecule is COc1cccc(-c2csc(NC(=O)CN3CCN(c4ccc(C)cc4)CC3)n2)c1. The number of carbonyl (C=O) groups excluding carboxylic acids is 1. The van der Waals surface area contributed by atoms with Crippen molar-refractivity contribution in [2.45, 2.75) is 6.92 Å². The molecule has 6 nitrogen and oxygen atoms in total. The van der Waals surface area contributed by atoms with Gasteiger partial charge in [0.2, 0.25) is 5.91 Å². The number of anilines is 2. The number of nitrogens with one attached hydrogen (secondary N) is 1. The van der Waals surface area contributed by atoms with Crippen molar-refractivity contribution < 1.29 is 9.53 Å². The molecule has 0 atom stereocenters. The van der Waals surface area contributed by atoms with Crippen molar-refractivity contribution in [1.82, 2.24) is 9.88 Å². The van der Waals surface area contributed by atoms with Crippen LogP contribution in [0.2, 0.25) is 0 Å². The molecule has 0 saturated carbocycles. The van der Waals surface area contributed by atoms with Crippen LogP contribution >= 0.6 is 11.3 Å². The van der Waals surface area contributed by atoms with Crippen LogP contribution in [0.15, 0.2) is 53.9 Å². The molecular formula is C23H26N4O2S. The molecule has 1 aliphatic rings. The van der Waals surface area contributed by atoms with Gasteiger partial charge in [-0.2, -0.15) is 0 Å². The van der Waals surface area contributed by atoms with E-state index in [1.165, 1.54) is 22.6 Å². The number of amides is 1. The topological polar surface area (TPSA) is 57.7 Å². The molecule has 4 rings (SSSR count). The van der Waals surface area contributed by atoms with E-state index in [-0.39, 0.29) is 5.91 Å². The highest BCUT2D eigenvalue weighted by Gasteiger charge is 2.19. The first-order valence-electron chi connectivity index (χ1n) is 10.0. The lowest BCUT2D eigenvalue weighted by atomic mass is 10.2. The summed E-state index contributed by atoms with van der Waals surface area (Å²) in [5.41, 5.74) is 4.32. The maximum Gasteiger partial charge on any atom is 0.240 e. The third-order valence-electron chi connectivity index (χ3n) is 5.25. The van der Waals surface area contributed by atoms with Crippen LogP contribution in [-0.2, 0) is 4.79 Å². The Balaban J connectivity index is 1.28. The number of rotatable bonds is 6. The molecular weight excluding hydrogens is 396 g/mol. The van der Waals surface area contributed by atoms with Crippen molar-refractivity contribution in [3.63, 3.8) is 0 Å². The monoisotopic (exact) mass is 422 g/mol. The van der Waals surface area contributed by atoms with Crippen LogP contribution in [0.4, 0.5) is 10.8 Å². The average molecular weight is 423 g/mol. The number of hydrogen-bond donors (Lipinski definition) is 1. The number of piperazine rings is 1. The summed E-state index contributed by atoms with van der Waals surface area (Å²) in [6.07, 6.45) is 0. The fourth-order valence-corrected chi connectivity index (χ4v) is 4.26. The summed E-state index contributed by atoms with van der Waals surface area (Å²) >= 11 is 1.44. The van der Waals surface area contributed by atoms with E-state index in [4.69, 9.17) is 4.74 Å². The van der Waals surface area contributed by atoms with Gasteiger partial charge in [0.05, 0.1) is 19.3 Å². The average Bonchev–Trinajstić information content (AvgIpc) is 3.23. The minimum Gasteiger partial charge on any atom is -0.497 e. The molecule has 7 heteroatoms. The Morgan fingerprint density at radius 2 is 1.90 bits per heavy atom. The number of aromatic nitrogens is 1. The summed E-state index contributed by atoms with van der Waals surface area (Å²) < 4.78 is 5.27. The Bertz CT molecular complexity index is 994. The van der Waals surface area contributed by atoms with E-state index < -0.39 is 0 Å². The molecule has 2 heterocycles. The van der Waals surface area contributed by atoms with Gasteiger partial charge in [-0.1, -0.05) is 29.8 Å². The standard InChI is InChI=1S/C23H26N4O2S/c1-17-6-8-19(9-7-17)27-12-10-26(11-13-27)15-22(28)25-23-24-21(16-30-23)18-4-3-5-20(14-18)29-2/h3-9,14,16H,10-13,15H2,1-2H3,(H,24,25,28). The van der Waals surface area contributed by atoms with Gasteiger partial charge in [-0.3, -0.25) is 9.69 Å². The van der Waals surface area contributed by atoms with Gasteiger partial charge in [0, 0.05) is 42.8 Å². The molecule has 1 N–H and O–H groups in total. The third kappa shape index (κ3) is 4.98. The number of nitrogens with zero attached hydrogens (tertiary/aromatic N) is 3. The lowest BCUT2D eigenvalue weighted by Crippen LogP contribution is -2.48. The van der Waals surface area contributed by atoms with E-state index in [0.717, 1.165) is 43.2 Å². The number of hydrogen-bond acceptors (Lipinski definition) is 6. The molecule has 1 aliphatic heterocycles. The van der Waals surface area contributed by atoms with Gasteiger partial charge in [0.25, 0.3) is 0 Å². The molecule has 156 valence electrons. The van der Waals surface area contributed by atoms with Crippen molar-refractivity contribution in [3.8, 4) is 17.0 Å². The first-order chi connectivity index (χ1) is 14.6. The van der Waals surface area contributed by atoms with Gasteiger partial charge in [-0.25, -0.2) is 4.98 Å². The highest BCUT2D eigenvalue weighted by atomic mass is 32.1. The van der Waals surface area contributed by atoms with Crippen LogP contribution in [-0.4, -0.2) is 55.6 Å². The second-order valence-corrected chi connectivity index (χ2v) is 8.27. The minimum absolute atomic E-state index is 0.0228. The van der Waals surface area contributed by atoms with E-state index in [2.05, 4.69) is 51.3 Å². The second-order valence-electron chi connectivity index (χ2n) is 7.42. The quantitative estimate of drug-likeness (QED) is 0.653. The fraction of sp³-hybridized carbons (Fsp3) is 0.304. The van der Waals surface area contributed by atoms with Gasteiger partial charge in [0.1, 0.15) is 5.75 Å². The summed E-state index contributed by atoms with van der Waals surface area (Å²) in [5.74, 6) is 0.765. The first kappa shape index (κ1) is 20.4. The molecule has 0 unspecified atom stereocenters. The molecule has 1 amide bonds. The number of thiazole rings is 1. The largest absolute Gasteiger partial charge is 0.497 e. The molecule has 0 bridgehead atoms. The zero-order valence-corrected chi connectivity index (χ0v) is 18.1. The normalized spacial score (nSPS) is 14.5. The maximum atomic E-state index is 12.5. The molecule has 3 aromatic rings. The van der Waals surface area contributed by atoms with Crippen LogP contribution in [0, 0.1) is 6.92 Å². The minimum atomic E-state index is -0.0228. The summed E-state index contributed by atoms with van der Waals surface area (Å²) in [7, 11) is 1.65. The second kappa shape index (κ2) is 9.28. The first-order valence-corrected chi connectivity index (χ1v) is 10.9. The van der Waals surface area contributed by atoms with Gasteiger partial charge in [-0.15, -0.1) is 11.3 Å². The molecule has 1 fully saturated rings. The van der Waals surface area contributed by atoms with Crippen LogP contribution in [0.25, 0.3) is 11.3 Å². The molecule has 1 saturated heterocycles. The van der Waals surface area contributed by atoms with E-state index in [1.54, 1.807) is 7.11 Å². The Morgan fingerprint density at radius 3 is 2.63 bits per heavy atom. The van der Waals surface area contributed by atoms with Gasteiger partial charge in [-0.05, 0) is 31.2 Å². The lowest BCUT2D eigenvalue weighted by Gasteiger charge is -2.35. The van der Waals surface area contributed by atoms with E-state index >= 15 is 0 Å². The van der Waals surface area contributed by atoms with Crippen molar-refractivity contribution in [3.05, 3.63) is 59.5 Å². The Hall–Kier alpha value is -2.90. The van der Waals surface area contributed by atoms with Crippen LogP contribution in [0.5, 0.6) is 5.75 Å². The summed E-state index contributed by atoms with van der Waals surface area (Å²) in [5, 5.41) is 5.51. The Labute approximate surface area is 181 Å². The summed E-state index contributed by atoms with van der Waals surface area (Å²) in [6.45, 7) is 6.07. The van der Waals surface area contributed by atoms with Crippen molar-refractivity contribution in [1.29, 1.82) is 0 Å². The molecule has 1 aromatic heterocycles. The number of ether oxygens (including phenoxy) is 1. The van der Waals surface area contributed by atoms with Gasteiger partial charge >= 0.3 is 0 Å². The van der Waals surface area contributed by atoms with Crippen LogP contribution in [0.1, 0.15) is 5.56 Å². The Morgan fingerprint density at radius 1 is 1.13 bits per heavy atom. The summed E-state index contributed by atoms with van der Waals surface area (Å²) in [6, 6.07) is 16.4. The van der Waals surface area contributed by atoms with Crippen molar-refractivity contribution in [2.75, 3.05) is 50.1 Å².